The molecule has 0 bridgehead atoms. The van der Waals surface area contributed by atoms with Crippen molar-refractivity contribution in [2.24, 2.45) is 5.73 Å². The standard InChI is InChI=1S/C12H14F3NO3/c1-2-9(11(17)18)19-10-4-3-7(6-16)5-8(10)12(13,14)15/h3-5,9H,2,6,16H2,1H3,(H,17,18). The van der Waals surface area contributed by atoms with Crippen molar-refractivity contribution in [1.29, 1.82) is 0 Å². The second kappa shape index (κ2) is 5.92. The third kappa shape index (κ3) is 3.85. The van der Waals surface area contributed by atoms with E-state index in [9.17, 15) is 18.0 Å². The Hall–Kier alpha value is -1.76. The summed E-state index contributed by atoms with van der Waals surface area (Å²) in [5.74, 6) is -1.81. The molecular weight excluding hydrogens is 263 g/mol. The van der Waals surface area contributed by atoms with Crippen molar-refractivity contribution < 1.29 is 27.8 Å². The minimum Gasteiger partial charge on any atom is -0.479 e. The van der Waals surface area contributed by atoms with Crippen LogP contribution >= 0.6 is 0 Å². The highest BCUT2D eigenvalue weighted by molar-refractivity contribution is 5.72. The van der Waals surface area contributed by atoms with Crippen LogP contribution in [0.4, 0.5) is 13.2 Å². The number of carbonyl (C=O) groups is 1. The van der Waals surface area contributed by atoms with Gasteiger partial charge in [0.15, 0.2) is 6.10 Å². The molecule has 1 rings (SSSR count). The van der Waals surface area contributed by atoms with Crippen LogP contribution in [0.1, 0.15) is 24.5 Å². The Morgan fingerprint density at radius 3 is 2.53 bits per heavy atom. The van der Waals surface area contributed by atoms with Gasteiger partial charge in [0, 0.05) is 6.54 Å². The highest BCUT2D eigenvalue weighted by atomic mass is 19.4. The van der Waals surface area contributed by atoms with Crippen LogP contribution in [0.2, 0.25) is 0 Å². The molecule has 0 fully saturated rings. The molecule has 0 aliphatic heterocycles. The fraction of sp³-hybridized carbons (Fsp3) is 0.417. The highest BCUT2D eigenvalue weighted by Crippen LogP contribution is 2.37. The first-order chi connectivity index (χ1) is 8.79. The molecule has 1 aromatic rings. The van der Waals surface area contributed by atoms with Gasteiger partial charge < -0.3 is 15.6 Å². The number of alkyl halides is 3. The Bertz CT molecular complexity index is 460. The number of halogens is 3. The van der Waals surface area contributed by atoms with Gasteiger partial charge in [-0.2, -0.15) is 13.2 Å². The zero-order valence-corrected chi connectivity index (χ0v) is 10.2. The molecule has 7 heteroatoms. The summed E-state index contributed by atoms with van der Waals surface area (Å²) in [6.07, 6.45) is -5.88. The second-order valence-electron chi connectivity index (χ2n) is 3.89. The number of hydrogen-bond acceptors (Lipinski definition) is 3. The number of carboxylic acid groups (broad SMARTS) is 1. The second-order valence-corrected chi connectivity index (χ2v) is 3.89. The maximum Gasteiger partial charge on any atom is 0.419 e. The van der Waals surface area contributed by atoms with Gasteiger partial charge in [-0.15, -0.1) is 0 Å². The molecule has 1 aromatic carbocycles. The number of benzene rings is 1. The third-order valence-corrected chi connectivity index (χ3v) is 2.50. The van der Waals surface area contributed by atoms with E-state index in [0.717, 1.165) is 12.1 Å². The van der Waals surface area contributed by atoms with Gasteiger partial charge in [-0.1, -0.05) is 13.0 Å². The quantitative estimate of drug-likeness (QED) is 0.866. The Balaban J connectivity index is 3.16. The summed E-state index contributed by atoms with van der Waals surface area (Å²) in [4.78, 5) is 10.8. The molecule has 0 saturated heterocycles. The summed E-state index contributed by atoms with van der Waals surface area (Å²) in [6.45, 7) is 1.47. The topological polar surface area (TPSA) is 72.5 Å². The van der Waals surface area contributed by atoms with Gasteiger partial charge in [-0.05, 0) is 24.1 Å². The van der Waals surface area contributed by atoms with Crippen molar-refractivity contribution in [2.45, 2.75) is 32.2 Å². The van der Waals surface area contributed by atoms with E-state index in [1.165, 1.54) is 13.0 Å². The first-order valence-corrected chi connectivity index (χ1v) is 5.59. The lowest BCUT2D eigenvalue weighted by molar-refractivity contribution is -0.148. The largest absolute Gasteiger partial charge is 0.479 e. The molecule has 106 valence electrons. The molecule has 1 unspecified atom stereocenters. The van der Waals surface area contributed by atoms with Crippen molar-refractivity contribution in [1.82, 2.24) is 0 Å². The van der Waals surface area contributed by atoms with E-state index in [0.29, 0.717) is 5.56 Å². The van der Waals surface area contributed by atoms with Crippen molar-refractivity contribution in [3.8, 4) is 5.75 Å². The molecule has 0 aromatic heterocycles. The lowest BCUT2D eigenvalue weighted by Gasteiger charge is -2.18. The average molecular weight is 277 g/mol. The number of rotatable bonds is 5. The smallest absolute Gasteiger partial charge is 0.419 e. The minimum absolute atomic E-state index is 0.0422. The van der Waals surface area contributed by atoms with E-state index in [1.54, 1.807) is 0 Å². The molecule has 4 nitrogen and oxygen atoms in total. The fourth-order valence-corrected chi connectivity index (χ4v) is 1.49. The lowest BCUT2D eigenvalue weighted by Crippen LogP contribution is -2.27. The Morgan fingerprint density at radius 2 is 2.11 bits per heavy atom. The molecule has 0 radical (unpaired) electrons. The molecule has 19 heavy (non-hydrogen) atoms. The predicted octanol–water partition coefficient (Wildman–Crippen LogP) is 2.41. The first-order valence-electron chi connectivity index (χ1n) is 5.59. The summed E-state index contributed by atoms with van der Waals surface area (Å²) in [5, 5.41) is 8.80. The molecule has 0 aliphatic rings. The summed E-state index contributed by atoms with van der Waals surface area (Å²) >= 11 is 0. The third-order valence-electron chi connectivity index (χ3n) is 2.50. The average Bonchev–Trinajstić information content (AvgIpc) is 2.34. The zero-order chi connectivity index (χ0) is 14.6. The summed E-state index contributed by atoms with van der Waals surface area (Å²) in [5.41, 5.74) is 4.56. The van der Waals surface area contributed by atoms with Gasteiger partial charge in [-0.3, -0.25) is 0 Å². The van der Waals surface area contributed by atoms with Crippen LogP contribution in [0.3, 0.4) is 0 Å². The number of nitrogens with two attached hydrogens (primary N) is 1. The summed E-state index contributed by atoms with van der Waals surface area (Å²) in [6, 6.07) is 3.33. The minimum atomic E-state index is -4.63. The Kier molecular flexibility index (Phi) is 4.77. The molecule has 0 saturated carbocycles. The molecule has 0 amide bonds. The maximum absolute atomic E-state index is 12.9. The predicted molar refractivity (Wildman–Crippen MR) is 61.7 cm³/mol. The molecule has 0 heterocycles. The first kappa shape index (κ1) is 15.3. The molecule has 0 aliphatic carbocycles. The van der Waals surface area contributed by atoms with Crippen LogP contribution in [0.5, 0.6) is 5.75 Å². The zero-order valence-electron chi connectivity index (χ0n) is 10.2. The van der Waals surface area contributed by atoms with Gasteiger partial charge in [-0.25, -0.2) is 4.79 Å². The lowest BCUT2D eigenvalue weighted by atomic mass is 10.1. The van der Waals surface area contributed by atoms with Gasteiger partial charge in [0.2, 0.25) is 0 Å². The number of ether oxygens (including phenoxy) is 1. The highest BCUT2D eigenvalue weighted by Gasteiger charge is 2.35. The van der Waals surface area contributed by atoms with E-state index < -0.39 is 29.6 Å². The summed E-state index contributed by atoms with van der Waals surface area (Å²) in [7, 11) is 0. The van der Waals surface area contributed by atoms with E-state index in [4.69, 9.17) is 15.6 Å². The molecule has 1 atom stereocenters. The van der Waals surface area contributed by atoms with Crippen molar-refractivity contribution in [3.05, 3.63) is 29.3 Å². The normalized spacial score (nSPS) is 13.1. The van der Waals surface area contributed by atoms with Crippen molar-refractivity contribution in [2.75, 3.05) is 0 Å². The van der Waals surface area contributed by atoms with Gasteiger partial charge >= 0.3 is 12.1 Å². The number of hydrogen-bond donors (Lipinski definition) is 2. The van der Waals surface area contributed by atoms with E-state index in [1.807, 2.05) is 0 Å². The van der Waals surface area contributed by atoms with Gasteiger partial charge in [0.1, 0.15) is 5.75 Å². The Labute approximate surface area is 108 Å². The van der Waals surface area contributed by atoms with Crippen molar-refractivity contribution >= 4 is 5.97 Å². The maximum atomic E-state index is 12.9. The number of aliphatic carboxylic acids is 1. The summed E-state index contributed by atoms with van der Waals surface area (Å²) < 4.78 is 43.5. The Morgan fingerprint density at radius 1 is 1.47 bits per heavy atom. The van der Waals surface area contributed by atoms with E-state index in [2.05, 4.69) is 0 Å². The van der Waals surface area contributed by atoms with Crippen LogP contribution in [0.25, 0.3) is 0 Å². The van der Waals surface area contributed by atoms with Crippen LogP contribution < -0.4 is 10.5 Å². The number of carboxylic acids is 1. The fourth-order valence-electron chi connectivity index (χ4n) is 1.49. The van der Waals surface area contributed by atoms with Crippen molar-refractivity contribution in [3.63, 3.8) is 0 Å². The van der Waals surface area contributed by atoms with Gasteiger partial charge in [0.25, 0.3) is 0 Å². The van der Waals surface area contributed by atoms with Crippen LogP contribution in [0, 0.1) is 0 Å². The molecular formula is C12H14F3NO3. The monoisotopic (exact) mass is 277 g/mol. The van der Waals surface area contributed by atoms with Gasteiger partial charge in [0.05, 0.1) is 5.56 Å². The van der Waals surface area contributed by atoms with Crippen LogP contribution in [-0.2, 0) is 17.5 Å². The van der Waals surface area contributed by atoms with E-state index >= 15 is 0 Å². The SMILES string of the molecule is CCC(Oc1ccc(CN)cc1C(F)(F)F)C(=O)O. The van der Waals surface area contributed by atoms with E-state index in [-0.39, 0.29) is 13.0 Å². The van der Waals surface area contributed by atoms with Crippen LogP contribution in [0.15, 0.2) is 18.2 Å². The molecule has 0 spiro atoms. The van der Waals surface area contributed by atoms with Crippen LogP contribution in [-0.4, -0.2) is 17.2 Å². The molecule has 3 N–H and O–H groups in total.